The van der Waals surface area contributed by atoms with Gasteiger partial charge in [-0.3, -0.25) is 4.90 Å². The maximum Gasteiger partial charge on any atom is 0.124 e. The van der Waals surface area contributed by atoms with Crippen LogP contribution in [0.25, 0.3) is 0 Å². The van der Waals surface area contributed by atoms with Crippen molar-refractivity contribution in [3.8, 4) is 11.5 Å². The van der Waals surface area contributed by atoms with Gasteiger partial charge in [-0.05, 0) is 38.2 Å². The molecule has 3 nitrogen and oxygen atoms in total. The fourth-order valence-corrected chi connectivity index (χ4v) is 1.69. The first-order chi connectivity index (χ1) is 7.28. The molecule has 1 aliphatic rings. The standard InChI is InChI=1S/C12H17NO2/c1-3-14-10-4-6-11(7-5-10)15-12-8-13(2)9-12/h4-7,12H,3,8-9H2,1-2H3. The second-order valence-electron chi connectivity index (χ2n) is 3.87. The number of benzene rings is 1. The molecule has 0 spiro atoms. The van der Waals surface area contributed by atoms with Crippen LogP contribution >= 0.6 is 0 Å². The van der Waals surface area contributed by atoms with Crippen LogP contribution in [0.3, 0.4) is 0 Å². The monoisotopic (exact) mass is 207 g/mol. The van der Waals surface area contributed by atoms with E-state index in [1.165, 1.54) is 0 Å². The number of hydrogen-bond acceptors (Lipinski definition) is 3. The second-order valence-corrected chi connectivity index (χ2v) is 3.87. The smallest absolute Gasteiger partial charge is 0.124 e. The average Bonchev–Trinajstić information content (AvgIpc) is 2.19. The summed E-state index contributed by atoms with van der Waals surface area (Å²) in [4.78, 5) is 2.24. The Balaban J connectivity index is 1.87. The molecule has 1 saturated heterocycles. The fourth-order valence-electron chi connectivity index (χ4n) is 1.69. The Kier molecular flexibility index (Phi) is 3.11. The van der Waals surface area contributed by atoms with Crippen LogP contribution < -0.4 is 9.47 Å². The lowest BCUT2D eigenvalue weighted by Gasteiger charge is -2.35. The molecule has 1 aromatic carbocycles. The molecule has 3 heteroatoms. The summed E-state index contributed by atoms with van der Waals surface area (Å²) < 4.78 is 11.1. The largest absolute Gasteiger partial charge is 0.494 e. The van der Waals surface area contributed by atoms with Crippen LogP contribution in [0.2, 0.25) is 0 Å². The first-order valence-corrected chi connectivity index (χ1v) is 5.36. The SMILES string of the molecule is CCOc1ccc(OC2CN(C)C2)cc1. The van der Waals surface area contributed by atoms with E-state index in [4.69, 9.17) is 9.47 Å². The molecule has 2 rings (SSSR count). The number of nitrogens with zero attached hydrogens (tertiary/aromatic N) is 1. The van der Waals surface area contributed by atoms with E-state index in [9.17, 15) is 0 Å². The van der Waals surface area contributed by atoms with E-state index >= 15 is 0 Å². The molecule has 15 heavy (non-hydrogen) atoms. The molecule has 1 aromatic rings. The lowest BCUT2D eigenvalue weighted by Crippen LogP contribution is -2.51. The van der Waals surface area contributed by atoms with Crippen LogP contribution in [0.5, 0.6) is 11.5 Å². The van der Waals surface area contributed by atoms with Gasteiger partial charge in [0.05, 0.1) is 6.61 Å². The predicted molar refractivity (Wildman–Crippen MR) is 59.5 cm³/mol. The van der Waals surface area contributed by atoms with Crippen molar-refractivity contribution >= 4 is 0 Å². The quantitative estimate of drug-likeness (QED) is 0.751. The molecular formula is C12H17NO2. The normalized spacial score (nSPS) is 17.2. The summed E-state index contributed by atoms with van der Waals surface area (Å²) in [7, 11) is 2.10. The molecule has 1 aliphatic heterocycles. The molecule has 0 atom stereocenters. The highest BCUT2D eigenvalue weighted by Crippen LogP contribution is 2.20. The summed E-state index contributed by atoms with van der Waals surface area (Å²) >= 11 is 0. The highest BCUT2D eigenvalue weighted by Gasteiger charge is 2.24. The number of likely N-dealkylation sites (tertiary alicyclic amines) is 1. The zero-order valence-electron chi connectivity index (χ0n) is 9.27. The van der Waals surface area contributed by atoms with Gasteiger partial charge in [0.25, 0.3) is 0 Å². The van der Waals surface area contributed by atoms with Crippen molar-refractivity contribution in [2.45, 2.75) is 13.0 Å². The topological polar surface area (TPSA) is 21.7 Å². The van der Waals surface area contributed by atoms with Crippen molar-refractivity contribution in [3.05, 3.63) is 24.3 Å². The van der Waals surface area contributed by atoms with Crippen molar-refractivity contribution in [2.24, 2.45) is 0 Å². The first-order valence-electron chi connectivity index (χ1n) is 5.36. The van der Waals surface area contributed by atoms with E-state index in [0.717, 1.165) is 24.6 Å². The molecule has 1 fully saturated rings. The zero-order valence-corrected chi connectivity index (χ0v) is 9.27. The summed E-state index contributed by atoms with van der Waals surface area (Å²) in [6.07, 6.45) is 0.355. The van der Waals surface area contributed by atoms with E-state index in [0.29, 0.717) is 12.7 Å². The average molecular weight is 207 g/mol. The minimum absolute atomic E-state index is 0.355. The van der Waals surface area contributed by atoms with Crippen LogP contribution in [0.4, 0.5) is 0 Å². The summed E-state index contributed by atoms with van der Waals surface area (Å²) in [6.45, 7) is 4.72. The Morgan fingerprint density at radius 1 is 1.20 bits per heavy atom. The Hall–Kier alpha value is -1.22. The third-order valence-corrected chi connectivity index (χ3v) is 2.47. The summed E-state index contributed by atoms with van der Waals surface area (Å²) in [5, 5.41) is 0. The Bertz CT molecular complexity index is 304. The molecule has 0 bridgehead atoms. The van der Waals surface area contributed by atoms with Gasteiger partial charge in [-0.25, -0.2) is 0 Å². The van der Waals surface area contributed by atoms with E-state index in [-0.39, 0.29) is 0 Å². The number of hydrogen-bond donors (Lipinski definition) is 0. The van der Waals surface area contributed by atoms with Gasteiger partial charge < -0.3 is 9.47 Å². The van der Waals surface area contributed by atoms with E-state index < -0.39 is 0 Å². The van der Waals surface area contributed by atoms with Crippen LogP contribution in [0.1, 0.15) is 6.92 Å². The summed E-state index contributed by atoms with van der Waals surface area (Å²) in [5.41, 5.74) is 0. The van der Waals surface area contributed by atoms with Crippen LogP contribution in [0, 0.1) is 0 Å². The van der Waals surface area contributed by atoms with Crippen molar-refractivity contribution < 1.29 is 9.47 Å². The Labute approximate surface area is 90.6 Å². The second kappa shape index (κ2) is 4.53. The molecule has 0 aromatic heterocycles. The van der Waals surface area contributed by atoms with Gasteiger partial charge in [0.2, 0.25) is 0 Å². The molecule has 0 radical (unpaired) electrons. The van der Waals surface area contributed by atoms with Crippen LogP contribution in [-0.4, -0.2) is 37.7 Å². The van der Waals surface area contributed by atoms with E-state index in [2.05, 4.69) is 11.9 Å². The highest BCUT2D eigenvalue weighted by molar-refractivity contribution is 5.31. The molecule has 1 heterocycles. The van der Waals surface area contributed by atoms with Crippen LogP contribution in [0.15, 0.2) is 24.3 Å². The minimum atomic E-state index is 0.355. The molecule has 0 unspecified atom stereocenters. The zero-order chi connectivity index (χ0) is 10.7. The van der Waals surface area contributed by atoms with Gasteiger partial charge >= 0.3 is 0 Å². The fraction of sp³-hybridized carbons (Fsp3) is 0.500. The maximum atomic E-state index is 5.76. The van der Waals surface area contributed by atoms with Gasteiger partial charge in [0.15, 0.2) is 0 Å². The molecule has 0 N–H and O–H groups in total. The highest BCUT2D eigenvalue weighted by atomic mass is 16.5. The van der Waals surface area contributed by atoms with Crippen LogP contribution in [-0.2, 0) is 0 Å². The van der Waals surface area contributed by atoms with Crippen molar-refractivity contribution in [2.75, 3.05) is 26.7 Å². The maximum absolute atomic E-state index is 5.76. The van der Waals surface area contributed by atoms with E-state index in [1.54, 1.807) is 0 Å². The lowest BCUT2D eigenvalue weighted by atomic mass is 10.2. The summed E-state index contributed by atoms with van der Waals surface area (Å²) in [5.74, 6) is 1.83. The molecule has 0 saturated carbocycles. The molecule has 0 amide bonds. The van der Waals surface area contributed by atoms with E-state index in [1.807, 2.05) is 31.2 Å². The minimum Gasteiger partial charge on any atom is -0.494 e. The van der Waals surface area contributed by atoms with Gasteiger partial charge in [-0.1, -0.05) is 0 Å². The summed E-state index contributed by atoms with van der Waals surface area (Å²) in [6, 6.07) is 7.81. The van der Waals surface area contributed by atoms with Gasteiger partial charge in [0, 0.05) is 13.1 Å². The van der Waals surface area contributed by atoms with Crippen molar-refractivity contribution in [1.29, 1.82) is 0 Å². The first kappa shape index (κ1) is 10.3. The van der Waals surface area contributed by atoms with Crippen molar-refractivity contribution in [3.63, 3.8) is 0 Å². The molecule has 82 valence electrons. The third-order valence-electron chi connectivity index (χ3n) is 2.47. The van der Waals surface area contributed by atoms with Gasteiger partial charge in [-0.15, -0.1) is 0 Å². The number of rotatable bonds is 4. The number of ether oxygens (including phenoxy) is 2. The van der Waals surface area contributed by atoms with Crippen molar-refractivity contribution in [1.82, 2.24) is 4.90 Å². The number of likely N-dealkylation sites (N-methyl/N-ethyl adjacent to an activating group) is 1. The lowest BCUT2D eigenvalue weighted by molar-refractivity contribution is 0.0388. The predicted octanol–water partition coefficient (Wildman–Crippen LogP) is 1.78. The Morgan fingerprint density at radius 3 is 2.33 bits per heavy atom. The van der Waals surface area contributed by atoms with Gasteiger partial charge in [0.1, 0.15) is 17.6 Å². The Morgan fingerprint density at radius 2 is 1.80 bits per heavy atom. The molecular weight excluding hydrogens is 190 g/mol. The third kappa shape index (κ3) is 2.63. The van der Waals surface area contributed by atoms with Gasteiger partial charge in [-0.2, -0.15) is 0 Å². The molecule has 0 aliphatic carbocycles.